The van der Waals surface area contributed by atoms with Crippen LogP contribution in [0.2, 0.25) is 0 Å². The molecule has 0 saturated heterocycles. The average molecular weight is 319 g/mol. The lowest BCUT2D eigenvalue weighted by Gasteiger charge is -2.11. The molecule has 1 aromatic heterocycles. The van der Waals surface area contributed by atoms with Crippen LogP contribution >= 0.6 is 0 Å². The minimum absolute atomic E-state index is 0.0351. The zero-order chi connectivity index (χ0) is 16.9. The van der Waals surface area contributed by atoms with Crippen LogP contribution in [0, 0.1) is 5.92 Å². The van der Waals surface area contributed by atoms with E-state index in [-0.39, 0.29) is 5.91 Å². The van der Waals surface area contributed by atoms with E-state index in [0.29, 0.717) is 12.3 Å². The summed E-state index contributed by atoms with van der Waals surface area (Å²) >= 11 is 0. The Labute approximate surface area is 142 Å². The van der Waals surface area contributed by atoms with E-state index in [1.165, 1.54) is 0 Å². The molecule has 0 spiro atoms. The summed E-state index contributed by atoms with van der Waals surface area (Å²) in [5.74, 6) is 0.367. The van der Waals surface area contributed by atoms with E-state index in [2.05, 4.69) is 10.4 Å². The topological polar surface area (TPSA) is 46.9 Å². The largest absolute Gasteiger partial charge is 0.326 e. The normalized spacial score (nSPS) is 10.8. The quantitative estimate of drug-likeness (QED) is 0.751. The molecule has 1 amide bonds. The molecular formula is C20H21N3O. The number of carbonyl (C=O) groups excluding carboxylic acids is 1. The molecule has 1 heterocycles. The number of nitrogens with zero attached hydrogens (tertiary/aromatic N) is 2. The molecule has 0 bridgehead atoms. The average Bonchev–Trinajstić information content (AvgIpc) is 3.05. The van der Waals surface area contributed by atoms with Gasteiger partial charge in [0.1, 0.15) is 0 Å². The lowest BCUT2D eigenvalue weighted by molar-refractivity contribution is -0.116. The number of rotatable bonds is 5. The highest BCUT2D eigenvalue weighted by Crippen LogP contribution is 2.28. The molecule has 0 saturated carbocycles. The molecule has 0 unspecified atom stereocenters. The molecule has 3 aromatic rings. The van der Waals surface area contributed by atoms with Crippen LogP contribution in [0.1, 0.15) is 20.3 Å². The van der Waals surface area contributed by atoms with Crippen molar-refractivity contribution in [3.05, 3.63) is 67.0 Å². The van der Waals surface area contributed by atoms with Crippen LogP contribution < -0.4 is 5.32 Å². The fourth-order valence-electron chi connectivity index (χ4n) is 2.60. The van der Waals surface area contributed by atoms with Gasteiger partial charge in [-0.1, -0.05) is 50.2 Å². The van der Waals surface area contributed by atoms with Crippen molar-refractivity contribution in [3.63, 3.8) is 0 Å². The van der Waals surface area contributed by atoms with Gasteiger partial charge < -0.3 is 5.32 Å². The number of hydrogen-bond acceptors (Lipinski definition) is 2. The molecule has 122 valence electrons. The highest BCUT2D eigenvalue weighted by Gasteiger charge is 2.11. The van der Waals surface area contributed by atoms with Crippen molar-refractivity contribution < 1.29 is 4.79 Å². The van der Waals surface area contributed by atoms with E-state index in [4.69, 9.17) is 0 Å². The molecule has 0 aliphatic rings. The second-order valence-corrected chi connectivity index (χ2v) is 6.20. The Morgan fingerprint density at radius 3 is 2.54 bits per heavy atom. The first-order valence-corrected chi connectivity index (χ1v) is 8.13. The summed E-state index contributed by atoms with van der Waals surface area (Å²) < 4.78 is 1.84. The Hall–Kier alpha value is -2.88. The summed E-state index contributed by atoms with van der Waals surface area (Å²) in [6, 6.07) is 17.8. The summed E-state index contributed by atoms with van der Waals surface area (Å²) in [5.41, 5.74) is 3.76. The third-order valence-corrected chi connectivity index (χ3v) is 3.71. The van der Waals surface area contributed by atoms with Crippen LogP contribution in [0.5, 0.6) is 0 Å². The van der Waals surface area contributed by atoms with Gasteiger partial charge in [-0.05, 0) is 24.1 Å². The molecule has 2 aromatic carbocycles. The fourth-order valence-corrected chi connectivity index (χ4v) is 2.60. The van der Waals surface area contributed by atoms with E-state index < -0.39 is 0 Å². The molecule has 0 aliphatic carbocycles. The first-order valence-electron chi connectivity index (χ1n) is 8.13. The van der Waals surface area contributed by atoms with E-state index in [0.717, 1.165) is 22.5 Å². The molecular weight excluding hydrogens is 298 g/mol. The molecule has 0 atom stereocenters. The summed E-state index contributed by atoms with van der Waals surface area (Å²) in [5, 5.41) is 7.45. The maximum Gasteiger partial charge on any atom is 0.224 e. The second kappa shape index (κ2) is 7.13. The number of benzene rings is 2. The van der Waals surface area contributed by atoms with Crippen LogP contribution in [0.3, 0.4) is 0 Å². The van der Waals surface area contributed by atoms with Crippen LogP contribution in [0.4, 0.5) is 5.69 Å². The van der Waals surface area contributed by atoms with Gasteiger partial charge in [0.15, 0.2) is 0 Å². The lowest BCUT2D eigenvalue weighted by atomic mass is 10.1. The Balaban J connectivity index is 1.88. The number of amides is 1. The Kier molecular flexibility index (Phi) is 4.75. The highest BCUT2D eigenvalue weighted by molar-refractivity contribution is 5.95. The van der Waals surface area contributed by atoms with Gasteiger partial charge in [0.25, 0.3) is 0 Å². The van der Waals surface area contributed by atoms with E-state index in [1.54, 1.807) is 0 Å². The lowest BCUT2D eigenvalue weighted by Crippen LogP contribution is -2.14. The summed E-state index contributed by atoms with van der Waals surface area (Å²) in [7, 11) is 0. The van der Waals surface area contributed by atoms with Gasteiger partial charge in [-0.2, -0.15) is 5.10 Å². The van der Waals surface area contributed by atoms with Crippen molar-refractivity contribution >= 4 is 11.6 Å². The molecule has 0 radical (unpaired) electrons. The maximum atomic E-state index is 12.1. The van der Waals surface area contributed by atoms with Crippen molar-refractivity contribution in [2.24, 2.45) is 5.92 Å². The van der Waals surface area contributed by atoms with Crippen molar-refractivity contribution in [3.8, 4) is 16.8 Å². The van der Waals surface area contributed by atoms with Gasteiger partial charge in [-0.15, -0.1) is 0 Å². The van der Waals surface area contributed by atoms with Crippen LogP contribution in [0.25, 0.3) is 16.8 Å². The van der Waals surface area contributed by atoms with Crippen molar-refractivity contribution in [2.75, 3.05) is 5.32 Å². The minimum Gasteiger partial charge on any atom is -0.326 e. The van der Waals surface area contributed by atoms with Gasteiger partial charge in [0.05, 0.1) is 11.9 Å². The third-order valence-electron chi connectivity index (χ3n) is 3.71. The van der Waals surface area contributed by atoms with Crippen molar-refractivity contribution in [1.82, 2.24) is 9.78 Å². The number of anilines is 1. The number of para-hydroxylation sites is 2. The Morgan fingerprint density at radius 1 is 1.08 bits per heavy atom. The van der Waals surface area contributed by atoms with Gasteiger partial charge in [0.2, 0.25) is 5.91 Å². The van der Waals surface area contributed by atoms with Gasteiger partial charge >= 0.3 is 0 Å². The summed E-state index contributed by atoms with van der Waals surface area (Å²) in [6.45, 7) is 4.07. The molecule has 24 heavy (non-hydrogen) atoms. The minimum atomic E-state index is 0.0351. The highest BCUT2D eigenvalue weighted by atomic mass is 16.1. The summed E-state index contributed by atoms with van der Waals surface area (Å²) in [6.07, 6.45) is 4.31. The Bertz CT molecular complexity index is 822. The van der Waals surface area contributed by atoms with Crippen LogP contribution in [0.15, 0.2) is 67.0 Å². The molecule has 0 aliphatic heterocycles. The molecule has 3 rings (SSSR count). The number of hydrogen-bond donors (Lipinski definition) is 1. The molecule has 0 fully saturated rings. The van der Waals surface area contributed by atoms with Crippen LogP contribution in [-0.2, 0) is 4.79 Å². The SMILES string of the molecule is CC(C)CC(=O)Nc1ccccc1-c1cnn(-c2ccccc2)c1. The monoisotopic (exact) mass is 319 g/mol. The van der Waals surface area contributed by atoms with Gasteiger partial charge in [-0.25, -0.2) is 4.68 Å². The zero-order valence-corrected chi connectivity index (χ0v) is 13.9. The second-order valence-electron chi connectivity index (χ2n) is 6.20. The first-order chi connectivity index (χ1) is 11.6. The predicted molar refractivity (Wildman–Crippen MR) is 97.1 cm³/mol. The van der Waals surface area contributed by atoms with E-state index in [1.807, 2.05) is 85.5 Å². The van der Waals surface area contributed by atoms with Crippen LogP contribution in [-0.4, -0.2) is 15.7 Å². The van der Waals surface area contributed by atoms with Crippen molar-refractivity contribution in [1.29, 1.82) is 0 Å². The zero-order valence-electron chi connectivity index (χ0n) is 13.9. The maximum absolute atomic E-state index is 12.1. The number of nitrogens with one attached hydrogen (secondary N) is 1. The number of aromatic nitrogens is 2. The smallest absolute Gasteiger partial charge is 0.224 e. The van der Waals surface area contributed by atoms with E-state index >= 15 is 0 Å². The molecule has 4 nitrogen and oxygen atoms in total. The Morgan fingerprint density at radius 2 is 1.79 bits per heavy atom. The summed E-state index contributed by atoms with van der Waals surface area (Å²) in [4.78, 5) is 12.1. The third kappa shape index (κ3) is 3.71. The standard InChI is InChI=1S/C20H21N3O/c1-15(2)12-20(24)22-19-11-7-6-10-18(19)16-13-21-23(14-16)17-8-4-3-5-9-17/h3-11,13-15H,12H2,1-2H3,(H,22,24). The first kappa shape index (κ1) is 16.0. The van der Waals surface area contributed by atoms with Gasteiger partial charge in [-0.3, -0.25) is 4.79 Å². The van der Waals surface area contributed by atoms with E-state index in [9.17, 15) is 4.79 Å². The number of carbonyl (C=O) groups is 1. The molecule has 4 heteroatoms. The fraction of sp³-hybridized carbons (Fsp3) is 0.200. The van der Waals surface area contributed by atoms with Gasteiger partial charge in [0, 0.05) is 29.4 Å². The predicted octanol–water partition coefficient (Wildman–Crippen LogP) is 4.52. The van der Waals surface area contributed by atoms with Crippen molar-refractivity contribution in [2.45, 2.75) is 20.3 Å². The molecule has 1 N–H and O–H groups in total.